The quantitative estimate of drug-likeness (QED) is 0.756. The Hall–Kier alpha value is -0.840. The SMILES string of the molecule is COC(CNC(C)c1cc(C)oc1C)OC. The third-order valence-corrected chi connectivity index (χ3v) is 2.66. The molecule has 0 aliphatic heterocycles. The molecule has 0 saturated heterocycles. The third kappa shape index (κ3) is 3.33. The molecule has 92 valence electrons. The summed E-state index contributed by atoms with van der Waals surface area (Å²) in [6.45, 7) is 6.68. The van der Waals surface area contributed by atoms with Crippen molar-refractivity contribution in [2.24, 2.45) is 0 Å². The molecule has 16 heavy (non-hydrogen) atoms. The van der Waals surface area contributed by atoms with Crippen molar-refractivity contribution in [3.8, 4) is 0 Å². The van der Waals surface area contributed by atoms with E-state index in [1.807, 2.05) is 13.8 Å². The first-order valence-corrected chi connectivity index (χ1v) is 5.44. The molecule has 1 atom stereocenters. The summed E-state index contributed by atoms with van der Waals surface area (Å²) in [6.07, 6.45) is -0.212. The summed E-state index contributed by atoms with van der Waals surface area (Å²) >= 11 is 0. The lowest BCUT2D eigenvalue weighted by Crippen LogP contribution is -2.31. The second kappa shape index (κ2) is 6.03. The highest BCUT2D eigenvalue weighted by Gasteiger charge is 2.14. The van der Waals surface area contributed by atoms with Gasteiger partial charge in [0.15, 0.2) is 6.29 Å². The zero-order chi connectivity index (χ0) is 12.1. The molecule has 4 heteroatoms. The lowest BCUT2D eigenvalue weighted by Gasteiger charge is -2.18. The van der Waals surface area contributed by atoms with E-state index < -0.39 is 0 Å². The Morgan fingerprint density at radius 1 is 1.31 bits per heavy atom. The van der Waals surface area contributed by atoms with E-state index in [2.05, 4.69) is 18.3 Å². The highest BCUT2D eigenvalue weighted by atomic mass is 16.7. The molecule has 1 heterocycles. The largest absolute Gasteiger partial charge is 0.466 e. The molecule has 0 bridgehead atoms. The van der Waals surface area contributed by atoms with Gasteiger partial charge in [-0.1, -0.05) is 0 Å². The molecule has 4 nitrogen and oxygen atoms in total. The van der Waals surface area contributed by atoms with E-state index in [0.29, 0.717) is 6.54 Å². The van der Waals surface area contributed by atoms with Crippen molar-refractivity contribution >= 4 is 0 Å². The Morgan fingerprint density at radius 3 is 2.38 bits per heavy atom. The molecule has 0 fully saturated rings. The molecular formula is C12H21NO3. The van der Waals surface area contributed by atoms with Gasteiger partial charge in [-0.3, -0.25) is 0 Å². The molecule has 0 aliphatic rings. The van der Waals surface area contributed by atoms with Crippen molar-refractivity contribution in [3.63, 3.8) is 0 Å². The van der Waals surface area contributed by atoms with Gasteiger partial charge >= 0.3 is 0 Å². The van der Waals surface area contributed by atoms with E-state index in [0.717, 1.165) is 11.5 Å². The Balaban J connectivity index is 2.52. The fourth-order valence-corrected chi connectivity index (χ4v) is 1.73. The molecule has 0 aliphatic carbocycles. The first-order chi connectivity index (χ1) is 7.58. The van der Waals surface area contributed by atoms with E-state index in [1.54, 1.807) is 14.2 Å². The lowest BCUT2D eigenvalue weighted by molar-refractivity contribution is -0.0997. The average molecular weight is 227 g/mol. The summed E-state index contributed by atoms with van der Waals surface area (Å²) in [4.78, 5) is 0. The van der Waals surface area contributed by atoms with Gasteiger partial charge < -0.3 is 19.2 Å². The maximum atomic E-state index is 5.49. The number of hydrogen-bond acceptors (Lipinski definition) is 4. The summed E-state index contributed by atoms with van der Waals surface area (Å²) in [6, 6.07) is 2.28. The Morgan fingerprint density at radius 2 is 1.94 bits per heavy atom. The molecular weight excluding hydrogens is 206 g/mol. The zero-order valence-corrected chi connectivity index (χ0v) is 10.7. The summed E-state index contributed by atoms with van der Waals surface area (Å²) < 4.78 is 15.7. The van der Waals surface area contributed by atoms with Crippen LogP contribution in [0.1, 0.15) is 30.0 Å². The fraction of sp³-hybridized carbons (Fsp3) is 0.667. The van der Waals surface area contributed by atoms with E-state index >= 15 is 0 Å². The molecule has 0 spiro atoms. The van der Waals surface area contributed by atoms with Gasteiger partial charge in [-0.15, -0.1) is 0 Å². The highest BCUT2D eigenvalue weighted by molar-refractivity contribution is 5.23. The Labute approximate surface area is 96.9 Å². The minimum absolute atomic E-state index is 0.212. The second-order valence-electron chi connectivity index (χ2n) is 3.90. The molecule has 0 aromatic carbocycles. The highest BCUT2D eigenvalue weighted by Crippen LogP contribution is 2.20. The third-order valence-electron chi connectivity index (χ3n) is 2.66. The van der Waals surface area contributed by atoms with Gasteiger partial charge in [-0.05, 0) is 26.8 Å². The maximum absolute atomic E-state index is 5.49. The number of rotatable bonds is 6. The zero-order valence-electron chi connectivity index (χ0n) is 10.7. The van der Waals surface area contributed by atoms with Crippen molar-refractivity contribution in [2.75, 3.05) is 20.8 Å². The number of methoxy groups -OCH3 is 2. The van der Waals surface area contributed by atoms with E-state index in [-0.39, 0.29) is 12.3 Å². The summed E-state index contributed by atoms with van der Waals surface area (Å²) in [5.41, 5.74) is 1.18. The van der Waals surface area contributed by atoms with Crippen molar-refractivity contribution in [1.29, 1.82) is 0 Å². The van der Waals surface area contributed by atoms with Crippen LogP contribution in [0.25, 0.3) is 0 Å². The molecule has 0 radical (unpaired) electrons. The van der Waals surface area contributed by atoms with Crippen LogP contribution in [0.3, 0.4) is 0 Å². The van der Waals surface area contributed by atoms with Crippen LogP contribution >= 0.6 is 0 Å². The van der Waals surface area contributed by atoms with E-state index in [1.165, 1.54) is 5.56 Å². The first-order valence-electron chi connectivity index (χ1n) is 5.44. The standard InChI is InChI=1S/C12H21NO3/c1-8-6-11(10(3)16-8)9(2)13-7-12(14-4)15-5/h6,9,12-13H,7H2,1-5H3. The predicted octanol–water partition coefficient (Wildman–Crippen LogP) is 2.17. The number of furan rings is 1. The number of aryl methyl sites for hydroxylation is 2. The monoisotopic (exact) mass is 227 g/mol. The van der Waals surface area contributed by atoms with Crippen LogP contribution in [0, 0.1) is 13.8 Å². The van der Waals surface area contributed by atoms with Crippen molar-refractivity contribution in [1.82, 2.24) is 5.32 Å². The minimum atomic E-state index is -0.212. The molecule has 1 rings (SSSR count). The van der Waals surface area contributed by atoms with Gasteiger partial charge in [-0.25, -0.2) is 0 Å². The Bertz CT molecular complexity index is 318. The van der Waals surface area contributed by atoms with Gasteiger partial charge in [0.2, 0.25) is 0 Å². The minimum Gasteiger partial charge on any atom is -0.466 e. The average Bonchev–Trinajstić information content (AvgIpc) is 2.59. The molecule has 1 unspecified atom stereocenters. The fourth-order valence-electron chi connectivity index (χ4n) is 1.73. The summed E-state index contributed by atoms with van der Waals surface area (Å²) in [7, 11) is 3.27. The van der Waals surface area contributed by atoms with Crippen LogP contribution in [0.15, 0.2) is 10.5 Å². The van der Waals surface area contributed by atoms with Gasteiger partial charge in [0.25, 0.3) is 0 Å². The maximum Gasteiger partial charge on any atom is 0.169 e. The van der Waals surface area contributed by atoms with E-state index in [9.17, 15) is 0 Å². The van der Waals surface area contributed by atoms with Crippen LogP contribution in [0.2, 0.25) is 0 Å². The molecule has 1 aromatic rings. The van der Waals surface area contributed by atoms with Gasteiger partial charge in [0.05, 0.1) is 0 Å². The smallest absolute Gasteiger partial charge is 0.169 e. The lowest BCUT2D eigenvalue weighted by atomic mass is 10.1. The normalized spacial score (nSPS) is 13.4. The number of nitrogens with one attached hydrogen (secondary N) is 1. The molecule has 1 aromatic heterocycles. The van der Waals surface area contributed by atoms with Gasteiger partial charge in [0.1, 0.15) is 11.5 Å². The van der Waals surface area contributed by atoms with Crippen LogP contribution in [0.5, 0.6) is 0 Å². The van der Waals surface area contributed by atoms with Crippen LogP contribution in [-0.4, -0.2) is 27.1 Å². The van der Waals surface area contributed by atoms with Crippen LogP contribution in [-0.2, 0) is 9.47 Å². The van der Waals surface area contributed by atoms with Gasteiger partial charge in [-0.2, -0.15) is 0 Å². The molecule has 0 saturated carbocycles. The van der Waals surface area contributed by atoms with Crippen molar-refractivity contribution in [3.05, 3.63) is 23.2 Å². The number of ether oxygens (including phenoxy) is 2. The van der Waals surface area contributed by atoms with Crippen LogP contribution in [0.4, 0.5) is 0 Å². The second-order valence-corrected chi connectivity index (χ2v) is 3.90. The predicted molar refractivity (Wildman–Crippen MR) is 62.4 cm³/mol. The molecule has 1 N–H and O–H groups in total. The first kappa shape index (κ1) is 13.2. The topological polar surface area (TPSA) is 43.6 Å². The van der Waals surface area contributed by atoms with Crippen molar-refractivity contribution in [2.45, 2.75) is 33.1 Å². The van der Waals surface area contributed by atoms with Gasteiger partial charge in [0, 0.05) is 32.4 Å². The summed E-state index contributed by atoms with van der Waals surface area (Å²) in [5, 5.41) is 3.34. The van der Waals surface area contributed by atoms with Crippen molar-refractivity contribution < 1.29 is 13.9 Å². The van der Waals surface area contributed by atoms with E-state index in [4.69, 9.17) is 13.9 Å². The Kier molecular flexibility index (Phi) is 4.99. The van der Waals surface area contributed by atoms with Crippen LogP contribution < -0.4 is 5.32 Å². The number of hydrogen-bond donors (Lipinski definition) is 1. The molecule has 0 amide bonds. The summed E-state index contributed by atoms with van der Waals surface area (Å²) in [5.74, 6) is 1.90.